The molecular weight excluding hydrogens is 439 g/mol. The van der Waals surface area contributed by atoms with Crippen molar-refractivity contribution in [3.63, 3.8) is 0 Å². The highest BCUT2D eigenvalue weighted by atomic mass is 19.1. The number of morpholine rings is 1. The Morgan fingerprint density at radius 3 is 2.85 bits per heavy atom. The molecule has 1 atom stereocenters. The number of ether oxygens (including phenoxy) is 1. The number of nitrogens with one attached hydrogen (secondary N) is 2. The van der Waals surface area contributed by atoms with Gasteiger partial charge in [-0.3, -0.25) is 4.79 Å². The second-order valence-corrected chi connectivity index (χ2v) is 8.45. The largest absolute Gasteiger partial charge is 0.378 e. The summed E-state index contributed by atoms with van der Waals surface area (Å²) in [5.41, 5.74) is 2.36. The topological polar surface area (TPSA) is 114 Å². The Morgan fingerprint density at radius 1 is 1.26 bits per heavy atom. The van der Waals surface area contributed by atoms with Crippen LogP contribution in [0.15, 0.2) is 37.4 Å². The van der Waals surface area contributed by atoms with Gasteiger partial charge in [0.1, 0.15) is 35.1 Å². The van der Waals surface area contributed by atoms with Gasteiger partial charge in [0.15, 0.2) is 11.5 Å². The monoisotopic (exact) mass is 462 g/mol. The molecule has 174 valence electrons. The highest BCUT2D eigenvalue weighted by Crippen LogP contribution is 2.42. The zero-order chi connectivity index (χ0) is 23.2. The van der Waals surface area contributed by atoms with Crippen LogP contribution < -0.4 is 5.32 Å². The van der Waals surface area contributed by atoms with Gasteiger partial charge in [-0.1, -0.05) is 6.08 Å². The number of fused-ring (bicyclic) bond motifs is 2. The quantitative estimate of drug-likeness (QED) is 0.424. The van der Waals surface area contributed by atoms with Crippen molar-refractivity contribution in [2.24, 2.45) is 0 Å². The van der Waals surface area contributed by atoms with Gasteiger partial charge in [0, 0.05) is 19.1 Å². The van der Waals surface area contributed by atoms with Crippen molar-refractivity contribution < 1.29 is 13.9 Å². The molecule has 1 saturated heterocycles. The third-order valence-corrected chi connectivity index (χ3v) is 6.28. The van der Waals surface area contributed by atoms with E-state index in [1.807, 2.05) is 4.57 Å². The van der Waals surface area contributed by atoms with Crippen molar-refractivity contribution in [2.75, 3.05) is 31.6 Å². The van der Waals surface area contributed by atoms with Gasteiger partial charge in [0.2, 0.25) is 0 Å². The van der Waals surface area contributed by atoms with Crippen molar-refractivity contribution in [3.05, 3.63) is 54.6 Å². The average molecular weight is 462 g/mol. The van der Waals surface area contributed by atoms with E-state index in [0.29, 0.717) is 60.1 Å². The summed E-state index contributed by atoms with van der Waals surface area (Å²) in [6, 6.07) is 2.64. The second kappa shape index (κ2) is 8.17. The number of hydrogen-bond donors (Lipinski definition) is 2. The molecule has 4 aromatic rings. The number of carbonyl (C=O) groups excluding carboxylic acids is 1. The number of hydrogen-bond acceptors (Lipinski definition) is 7. The fraction of sp³-hybridized carbons (Fsp3) is 0.348. The van der Waals surface area contributed by atoms with Crippen molar-refractivity contribution in [2.45, 2.75) is 24.9 Å². The molecule has 1 aliphatic heterocycles. The van der Waals surface area contributed by atoms with Crippen LogP contribution in [0.5, 0.6) is 0 Å². The summed E-state index contributed by atoms with van der Waals surface area (Å²) >= 11 is 0. The molecule has 1 aliphatic carbocycles. The lowest BCUT2D eigenvalue weighted by Crippen LogP contribution is -2.41. The number of aromatic nitrogens is 6. The Hall–Kier alpha value is -3.86. The number of benzene rings is 1. The Kier molecular flexibility index (Phi) is 4.98. The van der Waals surface area contributed by atoms with Crippen molar-refractivity contribution >= 4 is 33.9 Å². The highest BCUT2D eigenvalue weighted by Gasteiger charge is 2.34. The molecule has 2 fully saturated rings. The smallest absolute Gasteiger partial charge is 0.259 e. The van der Waals surface area contributed by atoms with Gasteiger partial charge in [0.05, 0.1) is 30.6 Å². The number of halogens is 1. The van der Waals surface area contributed by atoms with E-state index in [0.717, 1.165) is 12.8 Å². The van der Waals surface area contributed by atoms with E-state index in [1.54, 1.807) is 23.4 Å². The van der Waals surface area contributed by atoms with Crippen LogP contribution in [-0.2, 0) is 4.74 Å². The molecule has 3 aromatic heterocycles. The number of carbonyl (C=O) groups is 1. The van der Waals surface area contributed by atoms with Gasteiger partial charge < -0.3 is 24.5 Å². The summed E-state index contributed by atoms with van der Waals surface area (Å²) in [5, 5.41) is 3.36. The van der Waals surface area contributed by atoms with E-state index >= 15 is 4.39 Å². The molecule has 2 aliphatic rings. The molecule has 1 amide bonds. The first-order chi connectivity index (χ1) is 16.7. The summed E-state index contributed by atoms with van der Waals surface area (Å²) in [6.45, 7) is 5.75. The van der Waals surface area contributed by atoms with Gasteiger partial charge in [-0.15, -0.1) is 6.58 Å². The Morgan fingerprint density at radius 2 is 2.09 bits per heavy atom. The summed E-state index contributed by atoms with van der Waals surface area (Å²) in [5.74, 6) is 0.325. The van der Waals surface area contributed by atoms with Crippen LogP contribution >= 0.6 is 0 Å². The predicted molar refractivity (Wildman–Crippen MR) is 123 cm³/mol. The minimum atomic E-state index is -0.546. The van der Waals surface area contributed by atoms with Crippen LogP contribution in [-0.4, -0.2) is 66.6 Å². The summed E-state index contributed by atoms with van der Waals surface area (Å²) in [6.07, 6.45) is 6.58. The number of anilines is 1. The minimum absolute atomic E-state index is 0.0610. The van der Waals surface area contributed by atoms with E-state index in [4.69, 9.17) is 9.72 Å². The molecule has 34 heavy (non-hydrogen) atoms. The van der Waals surface area contributed by atoms with Gasteiger partial charge in [-0.2, -0.15) is 0 Å². The first-order valence-electron chi connectivity index (χ1n) is 11.3. The molecule has 6 rings (SSSR count). The summed E-state index contributed by atoms with van der Waals surface area (Å²) in [4.78, 5) is 35.6. The zero-order valence-corrected chi connectivity index (χ0v) is 18.4. The number of imidazole rings is 2. The molecule has 2 N–H and O–H groups in total. The number of aromatic amines is 1. The predicted octanol–water partition coefficient (Wildman–Crippen LogP) is 2.99. The third kappa shape index (κ3) is 3.39. The van der Waals surface area contributed by atoms with Crippen LogP contribution in [0.1, 0.15) is 41.1 Å². The normalized spacial score (nSPS) is 17.3. The molecule has 0 bridgehead atoms. The van der Waals surface area contributed by atoms with Crippen LogP contribution in [0, 0.1) is 5.82 Å². The average Bonchev–Trinajstić information content (AvgIpc) is 3.45. The molecule has 1 unspecified atom stereocenters. The van der Waals surface area contributed by atoms with Gasteiger partial charge in [-0.25, -0.2) is 24.3 Å². The number of nitrogens with zero attached hydrogens (tertiary/aromatic N) is 6. The van der Waals surface area contributed by atoms with Gasteiger partial charge >= 0.3 is 0 Å². The SMILES string of the molecule is C=CC(Nc1ncnc2nc[nH]c12)c1nc2ccc(F)c(C(=O)N3CCOCC3)c2n1C1CC1. The van der Waals surface area contributed by atoms with E-state index in [1.165, 1.54) is 12.4 Å². The minimum Gasteiger partial charge on any atom is -0.378 e. The van der Waals surface area contributed by atoms with E-state index < -0.39 is 11.9 Å². The maximum Gasteiger partial charge on any atom is 0.259 e. The van der Waals surface area contributed by atoms with E-state index in [9.17, 15) is 4.79 Å². The fourth-order valence-electron chi connectivity index (χ4n) is 4.48. The lowest BCUT2D eigenvalue weighted by Gasteiger charge is -2.27. The number of rotatable bonds is 6. The van der Waals surface area contributed by atoms with Crippen molar-refractivity contribution in [1.29, 1.82) is 0 Å². The number of H-pyrrole nitrogens is 1. The summed E-state index contributed by atoms with van der Waals surface area (Å²) in [7, 11) is 0. The van der Waals surface area contributed by atoms with Crippen molar-refractivity contribution in [1.82, 2.24) is 34.4 Å². The molecular formula is C23H23FN8O2. The molecule has 0 spiro atoms. The van der Waals surface area contributed by atoms with Crippen molar-refractivity contribution in [3.8, 4) is 0 Å². The first kappa shape index (κ1) is 20.7. The molecule has 4 heterocycles. The van der Waals surface area contributed by atoms with Gasteiger partial charge in [-0.05, 0) is 25.0 Å². The lowest BCUT2D eigenvalue weighted by atomic mass is 10.1. The zero-order valence-electron chi connectivity index (χ0n) is 18.4. The maximum absolute atomic E-state index is 15.2. The lowest BCUT2D eigenvalue weighted by molar-refractivity contribution is 0.0301. The summed E-state index contributed by atoms with van der Waals surface area (Å²) < 4.78 is 22.5. The van der Waals surface area contributed by atoms with Gasteiger partial charge in [0.25, 0.3) is 5.91 Å². The molecule has 1 saturated carbocycles. The van der Waals surface area contributed by atoms with E-state index in [2.05, 4.69) is 31.8 Å². The third-order valence-electron chi connectivity index (χ3n) is 6.28. The Labute approximate surface area is 193 Å². The number of amides is 1. The first-order valence-corrected chi connectivity index (χ1v) is 11.3. The standard InChI is InChI=1S/C23H23FN8O2/c1-2-15(29-21-18-20(26-11-25-18)27-12-28-21)22-30-16-6-5-14(24)17(19(16)32(22)13-3-4-13)23(33)31-7-9-34-10-8-31/h2,5-6,11-13,15H,1,3-4,7-10H2,(H2,25,26,27,28,29). The highest BCUT2D eigenvalue weighted by molar-refractivity contribution is 6.05. The Balaban J connectivity index is 1.47. The van der Waals surface area contributed by atoms with Crippen LogP contribution in [0.3, 0.4) is 0 Å². The molecule has 10 nitrogen and oxygen atoms in total. The maximum atomic E-state index is 15.2. The van der Waals surface area contributed by atoms with Crippen LogP contribution in [0.25, 0.3) is 22.2 Å². The van der Waals surface area contributed by atoms with E-state index in [-0.39, 0.29) is 17.5 Å². The Bertz CT molecular complexity index is 1400. The second-order valence-electron chi connectivity index (χ2n) is 8.45. The van der Waals surface area contributed by atoms with Crippen LogP contribution in [0.2, 0.25) is 0 Å². The molecule has 0 radical (unpaired) electrons. The van der Waals surface area contributed by atoms with Crippen LogP contribution in [0.4, 0.5) is 10.2 Å². The molecule has 1 aromatic carbocycles. The molecule has 11 heteroatoms. The fourth-order valence-corrected chi connectivity index (χ4v) is 4.48.